The lowest BCUT2D eigenvalue weighted by Gasteiger charge is -2.41. The standard InChI is InChI=1S/C10H21NO/c1-9(2)6-4-3-5-7-10(9,11)8-12/h12H,3-8,11H2,1-2H3. The summed E-state index contributed by atoms with van der Waals surface area (Å²) >= 11 is 0. The Labute approximate surface area is 75.2 Å². The van der Waals surface area contributed by atoms with Gasteiger partial charge in [-0.3, -0.25) is 0 Å². The highest BCUT2D eigenvalue weighted by molar-refractivity contribution is 4.98. The van der Waals surface area contributed by atoms with Crippen molar-refractivity contribution in [2.24, 2.45) is 11.1 Å². The normalized spacial score (nSPS) is 36.0. The van der Waals surface area contributed by atoms with Gasteiger partial charge in [-0.2, -0.15) is 0 Å². The van der Waals surface area contributed by atoms with Crippen LogP contribution < -0.4 is 5.73 Å². The van der Waals surface area contributed by atoms with Crippen LogP contribution >= 0.6 is 0 Å². The van der Waals surface area contributed by atoms with Crippen molar-refractivity contribution < 1.29 is 5.11 Å². The van der Waals surface area contributed by atoms with Gasteiger partial charge in [-0.15, -0.1) is 0 Å². The van der Waals surface area contributed by atoms with Crippen molar-refractivity contribution in [3.63, 3.8) is 0 Å². The second-order valence-electron chi connectivity index (χ2n) is 4.76. The van der Waals surface area contributed by atoms with E-state index in [0.717, 1.165) is 12.8 Å². The number of hydrogen-bond donors (Lipinski definition) is 2. The molecule has 1 rings (SSSR count). The maximum atomic E-state index is 9.29. The zero-order valence-electron chi connectivity index (χ0n) is 8.27. The van der Waals surface area contributed by atoms with E-state index >= 15 is 0 Å². The zero-order chi connectivity index (χ0) is 9.24. The van der Waals surface area contributed by atoms with Crippen molar-refractivity contribution in [1.82, 2.24) is 0 Å². The molecule has 1 unspecified atom stereocenters. The maximum absolute atomic E-state index is 9.29. The van der Waals surface area contributed by atoms with Crippen LogP contribution in [0.1, 0.15) is 46.0 Å². The van der Waals surface area contributed by atoms with Gasteiger partial charge in [0.25, 0.3) is 0 Å². The minimum absolute atomic E-state index is 0.0955. The van der Waals surface area contributed by atoms with Crippen molar-refractivity contribution in [2.75, 3.05) is 6.61 Å². The van der Waals surface area contributed by atoms with E-state index in [9.17, 15) is 5.11 Å². The summed E-state index contributed by atoms with van der Waals surface area (Å²) in [6.07, 6.45) is 5.80. The Morgan fingerprint density at radius 3 is 2.33 bits per heavy atom. The summed E-state index contributed by atoms with van der Waals surface area (Å²) in [5.41, 5.74) is 5.94. The minimum atomic E-state index is -0.344. The molecule has 1 saturated carbocycles. The fraction of sp³-hybridized carbons (Fsp3) is 1.00. The fourth-order valence-corrected chi connectivity index (χ4v) is 2.06. The van der Waals surface area contributed by atoms with Crippen molar-refractivity contribution in [1.29, 1.82) is 0 Å². The van der Waals surface area contributed by atoms with E-state index in [2.05, 4.69) is 13.8 Å². The quantitative estimate of drug-likeness (QED) is 0.589. The summed E-state index contributed by atoms with van der Waals surface area (Å²) in [4.78, 5) is 0. The van der Waals surface area contributed by atoms with Crippen LogP contribution in [-0.2, 0) is 0 Å². The molecule has 2 nitrogen and oxygen atoms in total. The molecule has 0 aromatic heterocycles. The summed E-state index contributed by atoms with van der Waals surface area (Å²) < 4.78 is 0. The molecule has 0 saturated heterocycles. The van der Waals surface area contributed by atoms with Gasteiger partial charge in [0.2, 0.25) is 0 Å². The van der Waals surface area contributed by atoms with Gasteiger partial charge >= 0.3 is 0 Å². The topological polar surface area (TPSA) is 46.2 Å². The molecule has 0 aliphatic heterocycles. The summed E-state index contributed by atoms with van der Waals surface area (Å²) in [5.74, 6) is 0. The highest BCUT2D eigenvalue weighted by Gasteiger charge is 2.41. The lowest BCUT2D eigenvalue weighted by Crippen LogP contribution is -2.55. The molecule has 72 valence electrons. The smallest absolute Gasteiger partial charge is 0.0616 e. The SMILES string of the molecule is CC1(C)CCCCCC1(N)CO. The Morgan fingerprint density at radius 2 is 1.75 bits per heavy atom. The van der Waals surface area contributed by atoms with Gasteiger partial charge < -0.3 is 10.8 Å². The second-order valence-corrected chi connectivity index (χ2v) is 4.76. The molecule has 0 radical (unpaired) electrons. The maximum Gasteiger partial charge on any atom is 0.0616 e. The van der Waals surface area contributed by atoms with E-state index in [0.29, 0.717) is 0 Å². The molecule has 2 heteroatoms. The molecule has 1 fully saturated rings. The molecular weight excluding hydrogens is 150 g/mol. The molecule has 0 aromatic carbocycles. The number of rotatable bonds is 1. The van der Waals surface area contributed by atoms with E-state index in [4.69, 9.17) is 5.73 Å². The Hall–Kier alpha value is -0.0800. The largest absolute Gasteiger partial charge is 0.394 e. The van der Waals surface area contributed by atoms with Crippen LogP contribution in [0.3, 0.4) is 0 Å². The van der Waals surface area contributed by atoms with E-state index in [1.807, 2.05) is 0 Å². The van der Waals surface area contributed by atoms with Crippen molar-refractivity contribution in [2.45, 2.75) is 51.5 Å². The lowest BCUT2D eigenvalue weighted by atomic mass is 9.70. The molecule has 0 heterocycles. The predicted octanol–water partition coefficient (Wildman–Crippen LogP) is 1.67. The van der Waals surface area contributed by atoms with Gasteiger partial charge in [0, 0.05) is 5.54 Å². The monoisotopic (exact) mass is 171 g/mol. The highest BCUT2D eigenvalue weighted by atomic mass is 16.3. The molecule has 12 heavy (non-hydrogen) atoms. The summed E-state index contributed by atoms with van der Waals surface area (Å²) in [5, 5.41) is 9.29. The van der Waals surface area contributed by atoms with Crippen LogP contribution in [0, 0.1) is 5.41 Å². The first-order valence-corrected chi connectivity index (χ1v) is 4.92. The molecule has 3 N–H and O–H groups in total. The third-order valence-corrected chi connectivity index (χ3v) is 3.55. The van der Waals surface area contributed by atoms with Crippen LogP contribution in [-0.4, -0.2) is 17.3 Å². The van der Waals surface area contributed by atoms with Gasteiger partial charge in [-0.1, -0.05) is 33.1 Å². The Kier molecular flexibility index (Phi) is 2.79. The van der Waals surface area contributed by atoms with Gasteiger partial charge in [-0.25, -0.2) is 0 Å². The minimum Gasteiger partial charge on any atom is -0.394 e. The molecular formula is C10H21NO. The van der Waals surface area contributed by atoms with Crippen LogP contribution in [0.4, 0.5) is 0 Å². The zero-order valence-corrected chi connectivity index (χ0v) is 8.27. The molecule has 0 spiro atoms. The predicted molar refractivity (Wildman–Crippen MR) is 50.9 cm³/mol. The number of hydrogen-bond acceptors (Lipinski definition) is 2. The van der Waals surface area contributed by atoms with E-state index in [1.54, 1.807) is 0 Å². The third-order valence-electron chi connectivity index (χ3n) is 3.55. The van der Waals surface area contributed by atoms with Gasteiger partial charge in [0.15, 0.2) is 0 Å². The molecule has 1 aliphatic carbocycles. The first-order chi connectivity index (χ1) is 5.52. The van der Waals surface area contributed by atoms with Gasteiger partial charge in [-0.05, 0) is 18.3 Å². The van der Waals surface area contributed by atoms with E-state index in [-0.39, 0.29) is 17.6 Å². The average molecular weight is 171 g/mol. The summed E-state index contributed by atoms with van der Waals surface area (Å²) in [6.45, 7) is 4.48. The van der Waals surface area contributed by atoms with E-state index < -0.39 is 0 Å². The van der Waals surface area contributed by atoms with Gasteiger partial charge in [0.1, 0.15) is 0 Å². The first-order valence-electron chi connectivity index (χ1n) is 4.92. The Bertz CT molecular complexity index is 156. The van der Waals surface area contributed by atoms with Crippen molar-refractivity contribution in [3.8, 4) is 0 Å². The fourth-order valence-electron chi connectivity index (χ4n) is 2.06. The van der Waals surface area contributed by atoms with Crippen molar-refractivity contribution in [3.05, 3.63) is 0 Å². The van der Waals surface area contributed by atoms with Crippen LogP contribution in [0.2, 0.25) is 0 Å². The molecule has 0 amide bonds. The average Bonchev–Trinajstić information content (AvgIpc) is 2.13. The number of aliphatic hydroxyl groups is 1. The summed E-state index contributed by atoms with van der Waals surface area (Å²) in [6, 6.07) is 0. The van der Waals surface area contributed by atoms with Crippen LogP contribution in [0.15, 0.2) is 0 Å². The Morgan fingerprint density at radius 1 is 1.17 bits per heavy atom. The molecule has 1 aliphatic rings. The van der Waals surface area contributed by atoms with E-state index in [1.165, 1.54) is 19.3 Å². The first kappa shape index (κ1) is 10.0. The lowest BCUT2D eigenvalue weighted by molar-refractivity contribution is 0.0750. The summed E-state index contributed by atoms with van der Waals surface area (Å²) in [7, 11) is 0. The van der Waals surface area contributed by atoms with Crippen LogP contribution in [0.5, 0.6) is 0 Å². The third kappa shape index (κ3) is 1.64. The second kappa shape index (κ2) is 3.35. The highest BCUT2D eigenvalue weighted by Crippen LogP contribution is 2.40. The number of aliphatic hydroxyl groups excluding tert-OH is 1. The number of nitrogens with two attached hydrogens (primary N) is 1. The molecule has 0 aromatic rings. The molecule has 1 atom stereocenters. The van der Waals surface area contributed by atoms with Gasteiger partial charge in [0.05, 0.1) is 6.61 Å². The van der Waals surface area contributed by atoms with Crippen LogP contribution in [0.25, 0.3) is 0 Å². The Balaban J connectivity index is 2.78. The molecule has 0 bridgehead atoms. The van der Waals surface area contributed by atoms with Crippen molar-refractivity contribution >= 4 is 0 Å².